The van der Waals surface area contributed by atoms with Gasteiger partial charge in [0.25, 0.3) is 5.69 Å². The minimum absolute atomic E-state index is 0.0936. The topological polar surface area (TPSA) is 117 Å². The average molecular weight is 452 g/mol. The quantitative estimate of drug-likeness (QED) is 0.450. The van der Waals surface area contributed by atoms with Crippen LogP contribution in [0, 0.1) is 10.1 Å². The highest BCUT2D eigenvalue weighted by molar-refractivity contribution is 6.34. The van der Waals surface area contributed by atoms with Gasteiger partial charge in [-0.1, -0.05) is 30.9 Å². The molecule has 1 aliphatic heterocycles. The Morgan fingerprint density at radius 1 is 1.10 bits per heavy atom. The fraction of sp³-hybridized carbons (Fsp3) is 0.619. The van der Waals surface area contributed by atoms with Crippen LogP contribution in [0.5, 0.6) is 0 Å². The van der Waals surface area contributed by atoms with Crippen LogP contribution in [0.3, 0.4) is 0 Å². The maximum atomic E-state index is 12.6. The molecule has 1 heterocycles. The van der Waals surface area contributed by atoms with Gasteiger partial charge in [0.2, 0.25) is 5.91 Å². The number of carbonyl (C=O) groups excluding carboxylic acids is 2. The number of nitrogens with zero attached hydrogens (tertiary/aromatic N) is 2. The molecule has 1 aromatic rings. The molecule has 9 nitrogen and oxygen atoms in total. The SMILES string of the molecule is CC(C(=O)Nc1ccc([N+](=O)[O-])cc1Cl)N1CCC(NC(=O)NC2CCCCC2)CC1. The first kappa shape index (κ1) is 23.3. The van der Waals surface area contributed by atoms with Crippen LogP contribution in [0.4, 0.5) is 16.2 Å². The van der Waals surface area contributed by atoms with Crippen molar-refractivity contribution < 1.29 is 14.5 Å². The summed E-state index contributed by atoms with van der Waals surface area (Å²) in [5.74, 6) is -0.225. The molecule has 1 unspecified atom stereocenters. The van der Waals surface area contributed by atoms with E-state index in [9.17, 15) is 19.7 Å². The van der Waals surface area contributed by atoms with Crippen molar-refractivity contribution in [3.05, 3.63) is 33.3 Å². The van der Waals surface area contributed by atoms with Crippen molar-refractivity contribution in [3.8, 4) is 0 Å². The summed E-state index contributed by atoms with van der Waals surface area (Å²) in [5.41, 5.74) is 0.221. The third-order valence-corrected chi connectivity index (χ3v) is 6.47. The van der Waals surface area contributed by atoms with Crippen molar-refractivity contribution in [1.29, 1.82) is 0 Å². The molecule has 2 aliphatic rings. The van der Waals surface area contributed by atoms with E-state index in [2.05, 4.69) is 20.9 Å². The number of non-ortho nitro benzene ring substituents is 1. The normalized spacial score (nSPS) is 19.4. The maximum absolute atomic E-state index is 12.6. The van der Waals surface area contributed by atoms with E-state index in [0.717, 1.165) is 25.7 Å². The van der Waals surface area contributed by atoms with Crippen LogP contribution in [0.2, 0.25) is 5.02 Å². The van der Waals surface area contributed by atoms with Crippen LogP contribution in [0.25, 0.3) is 0 Å². The monoisotopic (exact) mass is 451 g/mol. The number of urea groups is 1. The van der Waals surface area contributed by atoms with E-state index >= 15 is 0 Å². The molecule has 31 heavy (non-hydrogen) atoms. The number of benzene rings is 1. The summed E-state index contributed by atoms with van der Waals surface area (Å²) < 4.78 is 0. The summed E-state index contributed by atoms with van der Waals surface area (Å²) >= 11 is 6.07. The highest BCUT2D eigenvalue weighted by Gasteiger charge is 2.28. The lowest BCUT2D eigenvalue weighted by Gasteiger charge is -2.35. The molecule has 3 N–H and O–H groups in total. The van der Waals surface area contributed by atoms with Crippen molar-refractivity contribution >= 4 is 34.9 Å². The molecule has 1 aromatic carbocycles. The van der Waals surface area contributed by atoms with Crippen molar-refractivity contribution in [2.45, 2.75) is 70.0 Å². The number of anilines is 1. The second-order valence-electron chi connectivity index (χ2n) is 8.35. The first-order valence-corrected chi connectivity index (χ1v) is 11.3. The van der Waals surface area contributed by atoms with Crippen molar-refractivity contribution in [2.24, 2.45) is 0 Å². The molecule has 0 bridgehead atoms. The van der Waals surface area contributed by atoms with Gasteiger partial charge in [-0.15, -0.1) is 0 Å². The number of carbonyl (C=O) groups is 2. The van der Waals surface area contributed by atoms with E-state index in [0.29, 0.717) is 18.8 Å². The number of nitrogens with one attached hydrogen (secondary N) is 3. The van der Waals surface area contributed by atoms with E-state index in [4.69, 9.17) is 11.6 Å². The molecule has 1 saturated carbocycles. The van der Waals surface area contributed by atoms with Crippen LogP contribution in [0.1, 0.15) is 51.9 Å². The second kappa shape index (κ2) is 10.8. The molecule has 0 aromatic heterocycles. The maximum Gasteiger partial charge on any atom is 0.315 e. The lowest BCUT2D eigenvalue weighted by Crippen LogP contribution is -2.53. The van der Waals surface area contributed by atoms with Crippen LogP contribution in [0.15, 0.2) is 18.2 Å². The summed E-state index contributed by atoms with van der Waals surface area (Å²) in [4.78, 5) is 37.2. The van der Waals surface area contributed by atoms with Gasteiger partial charge in [-0.2, -0.15) is 0 Å². The standard InChI is InChI=1S/C21H30ClN5O4/c1-14(20(28)25-19-8-7-17(27(30)31)13-18(19)22)26-11-9-16(10-12-26)24-21(29)23-15-5-3-2-4-6-15/h7-8,13-16H,2-6,9-12H2,1H3,(H,25,28)(H2,23,24,29). The minimum Gasteiger partial charge on any atom is -0.335 e. The van der Waals surface area contributed by atoms with Gasteiger partial charge in [-0.25, -0.2) is 4.79 Å². The fourth-order valence-corrected chi connectivity index (χ4v) is 4.43. The molecule has 1 aliphatic carbocycles. The van der Waals surface area contributed by atoms with Crippen molar-refractivity contribution in [1.82, 2.24) is 15.5 Å². The zero-order valence-electron chi connectivity index (χ0n) is 17.7. The van der Waals surface area contributed by atoms with Crippen LogP contribution >= 0.6 is 11.6 Å². The second-order valence-corrected chi connectivity index (χ2v) is 8.76. The molecule has 170 valence electrons. The predicted molar refractivity (Wildman–Crippen MR) is 119 cm³/mol. The fourth-order valence-electron chi connectivity index (χ4n) is 4.21. The molecule has 2 fully saturated rings. The zero-order valence-corrected chi connectivity index (χ0v) is 18.5. The zero-order chi connectivity index (χ0) is 22.4. The number of halogens is 1. The number of nitro benzene ring substituents is 1. The first-order valence-electron chi connectivity index (χ1n) is 10.9. The van der Waals surface area contributed by atoms with Gasteiger partial charge < -0.3 is 16.0 Å². The van der Waals surface area contributed by atoms with Crippen LogP contribution < -0.4 is 16.0 Å². The van der Waals surface area contributed by atoms with Crippen molar-refractivity contribution in [3.63, 3.8) is 0 Å². The predicted octanol–water partition coefficient (Wildman–Crippen LogP) is 3.67. The Hall–Kier alpha value is -2.39. The summed E-state index contributed by atoms with van der Waals surface area (Å²) in [7, 11) is 0. The van der Waals surface area contributed by atoms with Crippen LogP contribution in [-0.4, -0.2) is 53.0 Å². The highest BCUT2D eigenvalue weighted by Crippen LogP contribution is 2.27. The van der Waals surface area contributed by atoms with Crippen LogP contribution in [-0.2, 0) is 4.79 Å². The molecular weight excluding hydrogens is 422 g/mol. The number of likely N-dealkylation sites (tertiary alicyclic amines) is 1. The third kappa shape index (κ3) is 6.54. The van der Waals surface area contributed by atoms with E-state index in [1.54, 1.807) is 0 Å². The minimum atomic E-state index is -0.534. The summed E-state index contributed by atoms with van der Waals surface area (Å²) in [6, 6.07) is 3.86. The number of amides is 3. The molecule has 0 radical (unpaired) electrons. The molecule has 3 rings (SSSR count). The van der Waals surface area contributed by atoms with Gasteiger partial charge in [0.1, 0.15) is 0 Å². The summed E-state index contributed by atoms with van der Waals surface area (Å²) in [6.07, 6.45) is 7.25. The number of hydrogen-bond donors (Lipinski definition) is 3. The molecule has 1 atom stereocenters. The Morgan fingerprint density at radius 2 is 1.71 bits per heavy atom. The Kier molecular flexibility index (Phi) is 8.09. The van der Waals surface area contributed by atoms with Crippen molar-refractivity contribution in [2.75, 3.05) is 18.4 Å². The summed E-state index contributed by atoms with van der Waals surface area (Å²) in [5, 5.41) is 19.8. The van der Waals surface area contributed by atoms with Gasteiger partial charge in [0, 0.05) is 37.3 Å². The van der Waals surface area contributed by atoms with Gasteiger partial charge >= 0.3 is 6.03 Å². The Labute approximate surface area is 187 Å². The lowest BCUT2D eigenvalue weighted by atomic mass is 9.96. The molecule has 1 saturated heterocycles. The molecule has 10 heteroatoms. The van der Waals surface area contributed by atoms with Gasteiger partial charge in [-0.3, -0.25) is 19.8 Å². The number of rotatable bonds is 6. The molecule has 0 spiro atoms. The number of hydrogen-bond acceptors (Lipinski definition) is 5. The average Bonchev–Trinajstić information content (AvgIpc) is 2.75. The van der Waals surface area contributed by atoms with E-state index < -0.39 is 4.92 Å². The van der Waals surface area contributed by atoms with E-state index in [-0.39, 0.29) is 40.8 Å². The number of nitro groups is 1. The summed E-state index contributed by atoms with van der Waals surface area (Å²) in [6.45, 7) is 3.20. The third-order valence-electron chi connectivity index (χ3n) is 6.15. The molecule has 3 amide bonds. The first-order chi connectivity index (χ1) is 14.8. The highest BCUT2D eigenvalue weighted by atomic mass is 35.5. The smallest absolute Gasteiger partial charge is 0.315 e. The van der Waals surface area contributed by atoms with Gasteiger partial charge in [0.15, 0.2) is 0 Å². The van der Waals surface area contributed by atoms with Gasteiger partial charge in [0.05, 0.1) is 21.7 Å². The van der Waals surface area contributed by atoms with E-state index in [1.807, 2.05) is 6.92 Å². The Bertz CT molecular complexity index is 807. The Morgan fingerprint density at radius 3 is 2.29 bits per heavy atom. The largest absolute Gasteiger partial charge is 0.335 e. The van der Waals surface area contributed by atoms with Gasteiger partial charge in [-0.05, 0) is 38.7 Å². The molecular formula is C21H30ClN5O4. The van der Waals surface area contributed by atoms with E-state index in [1.165, 1.54) is 37.5 Å². The Balaban J connectivity index is 1.44. The lowest BCUT2D eigenvalue weighted by molar-refractivity contribution is -0.384. The number of piperidine rings is 1.